The van der Waals surface area contributed by atoms with E-state index < -0.39 is 0 Å². The Morgan fingerprint density at radius 2 is 2.33 bits per heavy atom. The zero-order valence-corrected chi connectivity index (χ0v) is 11.3. The lowest BCUT2D eigenvalue weighted by molar-refractivity contribution is -0.114. The van der Waals surface area contributed by atoms with Gasteiger partial charge in [-0.2, -0.15) is 0 Å². The van der Waals surface area contributed by atoms with Crippen molar-refractivity contribution in [1.29, 1.82) is 0 Å². The molecule has 94 valence electrons. The molecule has 0 saturated carbocycles. The standard InChI is InChI=1S/C12H12ClN3OS/c1-8-9(13)3-2-4-10(8)16-11(17)7-15-12-14-5-6-18-12/h2-6H,7H2,1H3,(H,14,15)(H,16,17). The van der Waals surface area contributed by atoms with Gasteiger partial charge in [0.05, 0.1) is 6.54 Å². The summed E-state index contributed by atoms with van der Waals surface area (Å²) in [6, 6.07) is 5.42. The Kier molecular flexibility index (Phi) is 4.17. The third-order valence-corrected chi connectivity index (χ3v) is 3.51. The normalized spacial score (nSPS) is 10.1. The Labute approximate surface area is 114 Å². The van der Waals surface area contributed by atoms with E-state index in [0.29, 0.717) is 5.02 Å². The van der Waals surface area contributed by atoms with E-state index in [4.69, 9.17) is 11.6 Å². The molecule has 1 aromatic carbocycles. The first kappa shape index (κ1) is 12.9. The average molecular weight is 282 g/mol. The molecular weight excluding hydrogens is 270 g/mol. The summed E-state index contributed by atoms with van der Waals surface area (Å²) < 4.78 is 0. The van der Waals surface area contributed by atoms with Crippen LogP contribution in [-0.4, -0.2) is 17.4 Å². The number of halogens is 1. The Morgan fingerprint density at radius 3 is 3.06 bits per heavy atom. The lowest BCUT2D eigenvalue weighted by Crippen LogP contribution is -2.22. The maximum Gasteiger partial charge on any atom is 0.243 e. The minimum absolute atomic E-state index is 0.129. The van der Waals surface area contributed by atoms with Crippen molar-refractivity contribution in [3.8, 4) is 0 Å². The van der Waals surface area contributed by atoms with Crippen molar-refractivity contribution in [1.82, 2.24) is 4.98 Å². The number of aromatic nitrogens is 1. The molecule has 0 radical (unpaired) electrons. The van der Waals surface area contributed by atoms with Gasteiger partial charge in [0.1, 0.15) is 0 Å². The third kappa shape index (κ3) is 3.21. The van der Waals surface area contributed by atoms with Gasteiger partial charge in [0.2, 0.25) is 5.91 Å². The minimum Gasteiger partial charge on any atom is -0.352 e. The fourth-order valence-corrected chi connectivity index (χ4v) is 2.11. The van der Waals surface area contributed by atoms with Gasteiger partial charge < -0.3 is 10.6 Å². The highest BCUT2D eigenvalue weighted by Crippen LogP contribution is 2.22. The highest BCUT2D eigenvalue weighted by atomic mass is 35.5. The molecule has 2 aromatic rings. The van der Waals surface area contributed by atoms with Gasteiger partial charge in [0, 0.05) is 22.3 Å². The fraction of sp³-hybridized carbons (Fsp3) is 0.167. The Morgan fingerprint density at radius 1 is 1.50 bits per heavy atom. The summed E-state index contributed by atoms with van der Waals surface area (Å²) in [6.45, 7) is 2.05. The van der Waals surface area contributed by atoms with Crippen LogP contribution in [0, 0.1) is 6.92 Å². The molecule has 0 saturated heterocycles. The van der Waals surface area contributed by atoms with Crippen LogP contribution in [0.5, 0.6) is 0 Å². The van der Waals surface area contributed by atoms with Crippen molar-refractivity contribution in [2.24, 2.45) is 0 Å². The summed E-state index contributed by atoms with van der Waals surface area (Å²) in [4.78, 5) is 15.8. The van der Waals surface area contributed by atoms with Crippen molar-refractivity contribution in [3.63, 3.8) is 0 Å². The average Bonchev–Trinajstić information content (AvgIpc) is 2.86. The van der Waals surface area contributed by atoms with E-state index in [1.54, 1.807) is 18.3 Å². The highest BCUT2D eigenvalue weighted by Gasteiger charge is 2.06. The molecule has 0 spiro atoms. The first-order chi connectivity index (χ1) is 8.66. The quantitative estimate of drug-likeness (QED) is 0.905. The third-order valence-electron chi connectivity index (χ3n) is 2.37. The Bertz CT molecular complexity index is 542. The molecule has 0 aliphatic carbocycles. The van der Waals surface area contributed by atoms with Gasteiger partial charge in [0.15, 0.2) is 5.13 Å². The molecule has 0 bridgehead atoms. The predicted molar refractivity (Wildman–Crippen MR) is 75.4 cm³/mol. The van der Waals surface area contributed by atoms with E-state index >= 15 is 0 Å². The number of carbonyl (C=O) groups excluding carboxylic acids is 1. The zero-order chi connectivity index (χ0) is 13.0. The van der Waals surface area contributed by atoms with Crippen molar-refractivity contribution in [2.45, 2.75) is 6.92 Å². The second kappa shape index (κ2) is 5.84. The number of nitrogens with zero attached hydrogens (tertiary/aromatic N) is 1. The number of nitrogens with one attached hydrogen (secondary N) is 2. The summed E-state index contributed by atoms with van der Waals surface area (Å²) in [6.07, 6.45) is 1.69. The van der Waals surface area contributed by atoms with Crippen molar-refractivity contribution in [2.75, 3.05) is 17.2 Å². The maximum absolute atomic E-state index is 11.7. The summed E-state index contributed by atoms with van der Waals surface area (Å²) in [5, 5.41) is 8.96. The number of hydrogen-bond acceptors (Lipinski definition) is 4. The summed E-state index contributed by atoms with van der Waals surface area (Å²) >= 11 is 7.43. The number of rotatable bonds is 4. The van der Waals surface area contributed by atoms with Gasteiger partial charge in [-0.1, -0.05) is 17.7 Å². The van der Waals surface area contributed by atoms with Crippen LogP contribution < -0.4 is 10.6 Å². The van der Waals surface area contributed by atoms with Crippen molar-refractivity contribution < 1.29 is 4.79 Å². The van der Waals surface area contributed by atoms with Crippen LogP contribution in [0.2, 0.25) is 5.02 Å². The van der Waals surface area contributed by atoms with Crippen LogP contribution in [0.25, 0.3) is 0 Å². The number of carbonyl (C=O) groups is 1. The number of thiazole rings is 1. The smallest absolute Gasteiger partial charge is 0.243 e. The number of anilines is 2. The molecule has 1 amide bonds. The molecule has 1 aromatic heterocycles. The van der Waals surface area contributed by atoms with Crippen molar-refractivity contribution >= 4 is 39.7 Å². The lowest BCUT2D eigenvalue weighted by Gasteiger charge is -2.09. The number of hydrogen-bond donors (Lipinski definition) is 2. The summed E-state index contributed by atoms with van der Waals surface area (Å²) in [5.74, 6) is -0.129. The summed E-state index contributed by atoms with van der Waals surface area (Å²) in [7, 11) is 0. The molecule has 0 unspecified atom stereocenters. The molecule has 0 fully saturated rings. The first-order valence-electron chi connectivity index (χ1n) is 5.35. The molecule has 0 aliphatic rings. The molecule has 2 N–H and O–H groups in total. The van der Waals surface area contributed by atoms with Gasteiger partial charge in [-0.15, -0.1) is 11.3 Å². The Hall–Kier alpha value is -1.59. The van der Waals surface area contributed by atoms with Crippen LogP contribution in [-0.2, 0) is 4.79 Å². The minimum atomic E-state index is -0.129. The van der Waals surface area contributed by atoms with Crippen LogP contribution >= 0.6 is 22.9 Å². The van der Waals surface area contributed by atoms with E-state index in [0.717, 1.165) is 16.4 Å². The highest BCUT2D eigenvalue weighted by molar-refractivity contribution is 7.13. The van der Waals surface area contributed by atoms with Gasteiger partial charge in [-0.05, 0) is 24.6 Å². The molecule has 1 heterocycles. The second-order valence-electron chi connectivity index (χ2n) is 3.65. The van der Waals surface area contributed by atoms with Crippen LogP contribution in [0.4, 0.5) is 10.8 Å². The first-order valence-corrected chi connectivity index (χ1v) is 6.61. The molecule has 2 rings (SSSR count). The van der Waals surface area contributed by atoms with Gasteiger partial charge in [-0.3, -0.25) is 4.79 Å². The monoisotopic (exact) mass is 281 g/mol. The van der Waals surface area contributed by atoms with E-state index in [-0.39, 0.29) is 12.5 Å². The molecule has 6 heteroatoms. The van der Waals surface area contributed by atoms with Gasteiger partial charge in [0.25, 0.3) is 0 Å². The zero-order valence-electron chi connectivity index (χ0n) is 9.74. The molecular formula is C12H12ClN3OS. The number of benzene rings is 1. The molecule has 4 nitrogen and oxygen atoms in total. The van der Waals surface area contributed by atoms with E-state index in [9.17, 15) is 4.79 Å². The largest absolute Gasteiger partial charge is 0.352 e. The predicted octanol–water partition coefficient (Wildman–Crippen LogP) is 3.16. The van der Waals surface area contributed by atoms with E-state index in [1.165, 1.54) is 11.3 Å². The number of amides is 1. The lowest BCUT2D eigenvalue weighted by atomic mass is 10.2. The van der Waals surface area contributed by atoms with Crippen molar-refractivity contribution in [3.05, 3.63) is 40.4 Å². The van der Waals surface area contributed by atoms with E-state index in [1.807, 2.05) is 18.4 Å². The molecule has 18 heavy (non-hydrogen) atoms. The van der Waals surface area contributed by atoms with Crippen LogP contribution in [0.15, 0.2) is 29.8 Å². The Balaban J connectivity index is 1.93. The van der Waals surface area contributed by atoms with Gasteiger partial charge in [-0.25, -0.2) is 4.98 Å². The molecule has 0 atom stereocenters. The van der Waals surface area contributed by atoms with E-state index in [2.05, 4.69) is 15.6 Å². The second-order valence-corrected chi connectivity index (χ2v) is 4.95. The van der Waals surface area contributed by atoms with Crippen LogP contribution in [0.1, 0.15) is 5.56 Å². The SMILES string of the molecule is Cc1c(Cl)cccc1NC(=O)CNc1nccs1. The van der Waals surface area contributed by atoms with Gasteiger partial charge >= 0.3 is 0 Å². The maximum atomic E-state index is 11.7. The topological polar surface area (TPSA) is 54.0 Å². The fourth-order valence-electron chi connectivity index (χ4n) is 1.40. The molecule has 0 aliphatic heterocycles. The summed E-state index contributed by atoms with van der Waals surface area (Å²) in [5.41, 5.74) is 1.59. The van der Waals surface area contributed by atoms with Crippen LogP contribution in [0.3, 0.4) is 0 Å².